The zero-order valence-corrected chi connectivity index (χ0v) is 10.2. The fourth-order valence-corrected chi connectivity index (χ4v) is 1.78. The van der Waals surface area contributed by atoms with E-state index in [0.29, 0.717) is 0 Å². The zero-order chi connectivity index (χ0) is 11.9. The molecular weight excluding hydrogens is 214 g/mol. The Morgan fingerprint density at radius 3 is 2.94 bits per heavy atom. The van der Waals surface area contributed by atoms with Gasteiger partial charge in [-0.1, -0.05) is 6.92 Å². The van der Waals surface area contributed by atoms with E-state index in [1.54, 1.807) is 6.20 Å². The molecule has 2 rings (SSSR count). The van der Waals surface area contributed by atoms with Gasteiger partial charge in [0.1, 0.15) is 5.82 Å². The maximum absolute atomic E-state index is 4.35. The number of aryl methyl sites for hydroxylation is 1. The minimum absolute atomic E-state index is 0.821. The molecule has 0 unspecified atom stereocenters. The van der Waals surface area contributed by atoms with Crippen molar-refractivity contribution in [3.63, 3.8) is 0 Å². The summed E-state index contributed by atoms with van der Waals surface area (Å²) < 4.78 is 4.26. The molecule has 0 radical (unpaired) electrons. The van der Waals surface area contributed by atoms with Gasteiger partial charge in [-0.3, -0.25) is 0 Å². The first kappa shape index (κ1) is 11.9. The summed E-state index contributed by atoms with van der Waals surface area (Å²) in [7, 11) is 0. The van der Waals surface area contributed by atoms with Gasteiger partial charge < -0.3 is 14.5 Å². The van der Waals surface area contributed by atoms with Crippen LogP contribution in [0.15, 0.2) is 31.1 Å². The Morgan fingerprint density at radius 1 is 1.24 bits per heavy atom. The molecule has 92 valence electrons. The van der Waals surface area contributed by atoms with Crippen LogP contribution in [0.1, 0.15) is 19.2 Å². The molecule has 1 N–H and O–H groups in total. The molecule has 0 aliphatic rings. The monoisotopic (exact) mass is 233 g/mol. The van der Waals surface area contributed by atoms with E-state index in [2.05, 4.69) is 31.3 Å². The van der Waals surface area contributed by atoms with E-state index in [1.165, 1.54) is 0 Å². The summed E-state index contributed by atoms with van der Waals surface area (Å²) >= 11 is 0. The Kier molecular flexibility index (Phi) is 4.32. The normalized spacial score (nSPS) is 10.9. The number of rotatable bonds is 7. The quantitative estimate of drug-likeness (QED) is 0.733. The van der Waals surface area contributed by atoms with Gasteiger partial charge in [-0.25, -0.2) is 9.97 Å². The standard InChI is InChI=1S/C12H19N5/c1-2-6-17-9-5-15-12(17)10-13-3-7-16-8-4-14-11-16/h4-5,8-9,11,13H,2-3,6-7,10H2,1H3. The van der Waals surface area contributed by atoms with Crippen LogP contribution >= 0.6 is 0 Å². The summed E-state index contributed by atoms with van der Waals surface area (Å²) in [6, 6.07) is 0. The molecule has 2 aromatic heterocycles. The van der Waals surface area contributed by atoms with Crippen molar-refractivity contribution in [2.75, 3.05) is 6.54 Å². The van der Waals surface area contributed by atoms with Crippen LogP contribution in [0.5, 0.6) is 0 Å². The van der Waals surface area contributed by atoms with E-state index in [1.807, 2.05) is 24.9 Å². The lowest BCUT2D eigenvalue weighted by molar-refractivity contribution is 0.556. The summed E-state index contributed by atoms with van der Waals surface area (Å²) in [6.07, 6.45) is 10.6. The summed E-state index contributed by atoms with van der Waals surface area (Å²) in [5.41, 5.74) is 0. The molecule has 0 spiro atoms. The summed E-state index contributed by atoms with van der Waals surface area (Å²) in [5, 5.41) is 3.39. The number of hydrogen-bond donors (Lipinski definition) is 1. The van der Waals surface area contributed by atoms with Crippen LogP contribution < -0.4 is 5.32 Å². The van der Waals surface area contributed by atoms with Crippen molar-refractivity contribution in [2.45, 2.75) is 33.0 Å². The Labute approximate surface area is 102 Å². The molecule has 5 nitrogen and oxygen atoms in total. The number of aromatic nitrogens is 4. The van der Waals surface area contributed by atoms with Gasteiger partial charge in [0.25, 0.3) is 0 Å². The smallest absolute Gasteiger partial charge is 0.122 e. The third kappa shape index (κ3) is 3.42. The fraction of sp³-hybridized carbons (Fsp3) is 0.500. The zero-order valence-electron chi connectivity index (χ0n) is 10.2. The van der Waals surface area contributed by atoms with Gasteiger partial charge in [0.15, 0.2) is 0 Å². The van der Waals surface area contributed by atoms with Crippen LogP contribution in [0, 0.1) is 0 Å². The minimum Gasteiger partial charge on any atom is -0.336 e. The lowest BCUT2D eigenvalue weighted by Gasteiger charge is -2.08. The maximum atomic E-state index is 4.35. The van der Waals surface area contributed by atoms with Crippen LogP contribution in [-0.4, -0.2) is 25.6 Å². The average Bonchev–Trinajstić information content (AvgIpc) is 2.96. The Hall–Kier alpha value is -1.62. The molecule has 0 atom stereocenters. The van der Waals surface area contributed by atoms with E-state index in [0.717, 1.165) is 38.4 Å². The molecule has 0 aromatic carbocycles. The number of imidazole rings is 2. The van der Waals surface area contributed by atoms with Crippen LogP contribution in [-0.2, 0) is 19.6 Å². The van der Waals surface area contributed by atoms with Crippen molar-refractivity contribution in [1.82, 2.24) is 24.4 Å². The molecule has 0 aliphatic carbocycles. The maximum Gasteiger partial charge on any atom is 0.122 e. The molecule has 5 heteroatoms. The average molecular weight is 233 g/mol. The second-order valence-corrected chi connectivity index (χ2v) is 4.01. The SMILES string of the molecule is CCCn1ccnc1CNCCn1ccnc1. The van der Waals surface area contributed by atoms with Crippen LogP contribution in [0.3, 0.4) is 0 Å². The van der Waals surface area contributed by atoms with Gasteiger partial charge in [-0.15, -0.1) is 0 Å². The predicted molar refractivity (Wildman–Crippen MR) is 66.5 cm³/mol. The molecule has 0 fully saturated rings. The minimum atomic E-state index is 0.821. The topological polar surface area (TPSA) is 47.7 Å². The van der Waals surface area contributed by atoms with Gasteiger partial charge in [-0.05, 0) is 6.42 Å². The van der Waals surface area contributed by atoms with Gasteiger partial charge >= 0.3 is 0 Å². The van der Waals surface area contributed by atoms with E-state index in [9.17, 15) is 0 Å². The second-order valence-electron chi connectivity index (χ2n) is 4.01. The van der Waals surface area contributed by atoms with E-state index < -0.39 is 0 Å². The Bertz CT molecular complexity index is 418. The van der Waals surface area contributed by atoms with E-state index in [4.69, 9.17) is 0 Å². The highest BCUT2D eigenvalue weighted by Gasteiger charge is 2.00. The molecular formula is C12H19N5. The van der Waals surface area contributed by atoms with Crippen LogP contribution in [0.2, 0.25) is 0 Å². The van der Waals surface area contributed by atoms with Crippen molar-refractivity contribution in [3.8, 4) is 0 Å². The van der Waals surface area contributed by atoms with Crippen LogP contribution in [0.25, 0.3) is 0 Å². The van der Waals surface area contributed by atoms with E-state index >= 15 is 0 Å². The van der Waals surface area contributed by atoms with Gasteiger partial charge in [0, 0.05) is 44.4 Å². The molecule has 0 aliphatic heterocycles. The fourth-order valence-electron chi connectivity index (χ4n) is 1.78. The summed E-state index contributed by atoms with van der Waals surface area (Å²) in [5.74, 6) is 1.11. The number of nitrogens with zero attached hydrogens (tertiary/aromatic N) is 4. The Balaban J connectivity index is 1.72. The van der Waals surface area contributed by atoms with Gasteiger partial charge in [0.05, 0.1) is 12.9 Å². The first-order valence-electron chi connectivity index (χ1n) is 6.06. The third-order valence-electron chi connectivity index (χ3n) is 2.66. The highest BCUT2D eigenvalue weighted by atomic mass is 15.1. The van der Waals surface area contributed by atoms with Crippen molar-refractivity contribution < 1.29 is 0 Å². The predicted octanol–water partition coefficient (Wildman–Crippen LogP) is 1.28. The molecule has 0 saturated carbocycles. The summed E-state index contributed by atoms with van der Waals surface area (Å²) in [4.78, 5) is 8.36. The largest absolute Gasteiger partial charge is 0.336 e. The van der Waals surface area contributed by atoms with Crippen molar-refractivity contribution in [2.24, 2.45) is 0 Å². The number of hydrogen-bond acceptors (Lipinski definition) is 3. The molecule has 17 heavy (non-hydrogen) atoms. The van der Waals surface area contributed by atoms with Crippen molar-refractivity contribution in [1.29, 1.82) is 0 Å². The first-order valence-corrected chi connectivity index (χ1v) is 6.06. The Morgan fingerprint density at radius 2 is 2.18 bits per heavy atom. The highest BCUT2D eigenvalue weighted by molar-refractivity contribution is 4.91. The molecule has 2 heterocycles. The summed E-state index contributed by atoms with van der Waals surface area (Å²) in [6.45, 7) is 5.90. The molecule has 0 amide bonds. The molecule has 0 saturated heterocycles. The second kappa shape index (κ2) is 6.20. The lowest BCUT2D eigenvalue weighted by Crippen LogP contribution is -2.21. The van der Waals surface area contributed by atoms with Crippen molar-refractivity contribution >= 4 is 0 Å². The number of nitrogens with one attached hydrogen (secondary N) is 1. The highest BCUT2D eigenvalue weighted by Crippen LogP contribution is 1.98. The third-order valence-corrected chi connectivity index (χ3v) is 2.66. The first-order chi connectivity index (χ1) is 8.40. The van der Waals surface area contributed by atoms with Crippen LogP contribution in [0.4, 0.5) is 0 Å². The molecule has 2 aromatic rings. The van der Waals surface area contributed by atoms with Gasteiger partial charge in [0.2, 0.25) is 0 Å². The molecule has 0 bridgehead atoms. The lowest BCUT2D eigenvalue weighted by atomic mass is 10.4. The van der Waals surface area contributed by atoms with E-state index in [-0.39, 0.29) is 0 Å². The van der Waals surface area contributed by atoms with Crippen molar-refractivity contribution in [3.05, 3.63) is 36.9 Å². The van der Waals surface area contributed by atoms with Gasteiger partial charge in [-0.2, -0.15) is 0 Å².